The maximum Gasteiger partial charge on any atom is 0.0265 e. The first-order chi connectivity index (χ1) is 8.56. The first-order valence-corrected chi connectivity index (χ1v) is 7.53. The normalized spacial score (nSPS) is 53.7. The van der Waals surface area contributed by atoms with Gasteiger partial charge >= 0.3 is 0 Å². The van der Waals surface area contributed by atoms with Crippen molar-refractivity contribution in [3.05, 3.63) is 0 Å². The Labute approximate surface area is 111 Å². The van der Waals surface area contributed by atoms with Crippen LogP contribution in [-0.2, 0) is 0 Å². The third-order valence-corrected chi connectivity index (χ3v) is 5.55. The van der Waals surface area contributed by atoms with Gasteiger partial charge in [-0.25, -0.2) is 0 Å². The van der Waals surface area contributed by atoms with Gasteiger partial charge in [-0.05, 0) is 40.7 Å². The van der Waals surface area contributed by atoms with Gasteiger partial charge in [-0.1, -0.05) is 0 Å². The van der Waals surface area contributed by atoms with Gasteiger partial charge in [0.2, 0.25) is 0 Å². The van der Waals surface area contributed by atoms with Crippen molar-refractivity contribution in [1.82, 2.24) is 20.9 Å². The van der Waals surface area contributed by atoms with Crippen LogP contribution in [0.3, 0.4) is 0 Å². The summed E-state index contributed by atoms with van der Waals surface area (Å²) in [5.74, 6) is 0. The predicted molar refractivity (Wildman–Crippen MR) is 74.8 cm³/mol. The smallest absolute Gasteiger partial charge is 0.0265 e. The molecule has 2 saturated heterocycles. The Hall–Kier alpha value is -0.160. The molecular formula is C14H28N4. The van der Waals surface area contributed by atoms with Crippen molar-refractivity contribution in [1.29, 1.82) is 0 Å². The van der Waals surface area contributed by atoms with E-state index in [1.54, 1.807) is 0 Å². The Kier molecular flexibility index (Phi) is 3.39. The molecule has 0 amide bonds. The number of hydrogen-bond acceptors (Lipinski definition) is 4. The fourth-order valence-electron chi connectivity index (χ4n) is 3.98. The SMILES string of the molecule is CC1NC2CC3NCC(C)N(C)C3CC2NC1C. The zero-order valence-electron chi connectivity index (χ0n) is 12.1. The number of nitrogens with zero attached hydrogens (tertiary/aromatic N) is 1. The minimum Gasteiger partial charge on any atom is -0.311 e. The highest BCUT2D eigenvalue weighted by atomic mass is 15.3. The van der Waals surface area contributed by atoms with Crippen LogP contribution in [0.15, 0.2) is 0 Å². The zero-order chi connectivity index (χ0) is 12.9. The number of fused-ring (bicyclic) bond motifs is 2. The molecule has 1 aliphatic carbocycles. The van der Waals surface area contributed by atoms with Crippen LogP contribution < -0.4 is 16.0 Å². The van der Waals surface area contributed by atoms with Gasteiger partial charge in [-0.15, -0.1) is 0 Å². The number of nitrogens with one attached hydrogen (secondary N) is 3. The largest absolute Gasteiger partial charge is 0.311 e. The van der Waals surface area contributed by atoms with E-state index in [-0.39, 0.29) is 0 Å². The highest BCUT2D eigenvalue weighted by Gasteiger charge is 2.44. The zero-order valence-corrected chi connectivity index (χ0v) is 12.1. The molecule has 3 rings (SSSR count). The van der Waals surface area contributed by atoms with E-state index in [0.717, 1.165) is 6.54 Å². The van der Waals surface area contributed by atoms with E-state index in [0.29, 0.717) is 42.3 Å². The lowest BCUT2D eigenvalue weighted by atomic mass is 9.78. The summed E-state index contributed by atoms with van der Waals surface area (Å²) in [4.78, 5) is 2.59. The molecule has 0 aromatic carbocycles. The minimum atomic E-state index is 0.585. The molecule has 2 aliphatic heterocycles. The van der Waals surface area contributed by atoms with Crippen molar-refractivity contribution in [2.75, 3.05) is 13.6 Å². The van der Waals surface area contributed by atoms with Crippen LogP contribution in [0.4, 0.5) is 0 Å². The molecule has 4 heteroatoms. The van der Waals surface area contributed by atoms with Crippen molar-refractivity contribution in [3.63, 3.8) is 0 Å². The van der Waals surface area contributed by atoms with E-state index in [4.69, 9.17) is 0 Å². The van der Waals surface area contributed by atoms with Gasteiger partial charge in [0.25, 0.3) is 0 Å². The van der Waals surface area contributed by atoms with E-state index in [1.807, 2.05) is 0 Å². The summed E-state index contributed by atoms with van der Waals surface area (Å²) < 4.78 is 0. The van der Waals surface area contributed by atoms with Crippen LogP contribution in [0.5, 0.6) is 0 Å². The predicted octanol–water partition coefficient (Wildman–Crippen LogP) is 0.148. The van der Waals surface area contributed by atoms with Gasteiger partial charge in [0.15, 0.2) is 0 Å². The van der Waals surface area contributed by atoms with Crippen LogP contribution in [-0.4, -0.2) is 60.8 Å². The Morgan fingerprint density at radius 1 is 0.889 bits per heavy atom. The summed E-state index contributed by atoms with van der Waals surface area (Å²) in [5, 5.41) is 11.4. The van der Waals surface area contributed by atoms with Crippen LogP contribution in [0.1, 0.15) is 33.6 Å². The van der Waals surface area contributed by atoms with E-state index in [2.05, 4.69) is 48.7 Å². The lowest BCUT2D eigenvalue weighted by Gasteiger charge is -2.54. The molecule has 7 unspecified atom stereocenters. The summed E-state index contributed by atoms with van der Waals surface area (Å²) in [6.45, 7) is 8.05. The van der Waals surface area contributed by atoms with Crippen molar-refractivity contribution in [3.8, 4) is 0 Å². The minimum absolute atomic E-state index is 0.585. The summed E-state index contributed by atoms with van der Waals surface area (Å²) in [5.41, 5.74) is 0. The summed E-state index contributed by atoms with van der Waals surface area (Å²) in [6, 6.07) is 4.49. The number of piperazine rings is 2. The molecule has 0 aromatic rings. The lowest BCUT2D eigenvalue weighted by molar-refractivity contribution is 0.0326. The molecule has 0 radical (unpaired) electrons. The molecule has 7 atom stereocenters. The molecule has 3 aliphatic rings. The highest BCUT2D eigenvalue weighted by molar-refractivity contribution is 5.06. The van der Waals surface area contributed by atoms with E-state index in [1.165, 1.54) is 12.8 Å². The molecule has 4 nitrogen and oxygen atoms in total. The lowest BCUT2D eigenvalue weighted by Crippen LogP contribution is -2.73. The molecule has 2 heterocycles. The second-order valence-electron chi connectivity index (χ2n) is 6.69. The first-order valence-electron chi connectivity index (χ1n) is 7.53. The van der Waals surface area contributed by atoms with Crippen molar-refractivity contribution >= 4 is 0 Å². The molecule has 18 heavy (non-hydrogen) atoms. The quantitative estimate of drug-likeness (QED) is 0.574. The van der Waals surface area contributed by atoms with Gasteiger partial charge < -0.3 is 16.0 Å². The van der Waals surface area contributed by atoms with Gasteiger partial charge in [-0.2, -0.15) is 0 Å². The topological polar surface area (TPSA) is 39.3 Å². The summed E-state index contributed by atoms with van der Waals surface area (Å²) >= 11 is 0. The molecule has 104 valence electrons. The van der Waals surface area contributed by atoms with Gasteiger partial charge in [0.1, 0.15) is 0 Å². The monoisotopic (exact) mass is 252 g/mol. The van der Waals surface area contributed by atoms with Crippen LogP contribution in [0.2, 0.25) is 0 Å². The number of hydrogen-bond donors (Lipinski definition) is 3. The molecule has 3 N–H and O–H groups in total. The highest BCUT2D eigenvalue weighted by Crippen LogP contribution is 2.29. The Morgan fingerprint density at radius 3 is 2.17 bits per heavy atom. The molecule has 0 spiro atoms. The van der Waals surface area contributed by atoms with E-state index in [9.17, 15) is 0 Å². The van der Waals surface area contributed by atoms with Crippen molar-refractivity contribution in [2.24, 2.45) is 0 Å². The molecular weight excluding hydrogens is 224 g/mol. The Morgan fingerprint density at radius 2 is 1.50 bits per heavy atom. The fraction of sp³-hybridized carbons (Fsp3) is 1.00. The maximum atomic E-state index is 3.82. The summed E-state index contributed by atoms with van der Waals surface area (Å²) in [6.07, 6.45) is 2.53. The Balaban J connectivity index is 1.72. The molecule has 3 fully saturated rings. The van der Waals surface area contributed by atoms with Crippen molar-refractivity contribution in [2.45, 2.75) is 75.9 Å². The molecule has 0 aromatic heterocycles. The third-order valence-electron chi connectivity index (χ3n) is 5.55. The molecule has 0 bridgehead atoms. The first kappa shape index (κ1) is 12.9. The van der Waals surface area contributed by atoms with Crippen LogP contribution in [0.25, 0.3) is 0 Å². The average molecular weight is 252 g/mol. The summed E-state index contributed by atoms with van der Waals surface area (Å²) in [7, 11) is 2.30. The second kappa shape index (κ2) is 4.75. The third kappa shape index (κ3) is 2.09. The van der Waals surface area contributed by atoms with Gasteiger partial charge in [0, 0.05) is 48.8 Å². The van der Waals surface area contributed by atoms with E-state index < -0.39 is 0 Å². The number of likely N-dealkylation sites (N-methyl/N-ethyl adjacent to an activating group) is 1. The van der Waals surface area contributed by atoms with Crippen LogP contribution >= 0.6 is 0 Å². The Bertz CT molecular complexity index is 308. The maximum absolute atomic E-state index is 3.82. The van der Waals surface area contributed by atoms with Gasteiger partial charge in [0.05, 0.1) is 0 Å². The average Bonchev–Trinajstić information content (AvgIpc) is 2.34. The number of rotatable bonds is 0. The molecule has 1 saturated carbocycles. The van der Waals surface area contributed by atoms with Crippen molar-refractivity contribution < 1.29 is 0 Å². The second-order valence-corrected chi connectivity index (χ2v) is 6.69. The fourth-order valence-corrected chi connectivity index (χ4v) is 3.98. The standard InChI is InChI=1S/C14H28N4/c1-8-7-15-13-5-11-12(6-14(13)18(8)4)17-10(3)9(2)16-11/h8-17H,5-7H2,1-4H3. The van der Waals surface area contributed by atoms with Crippen LogP contribution in [0, 0.1) is 0 Å². The van der Waals surface area contributed by atoms with Gasteiger partial charge in [-0.3, -0.25) is 4.90 Å². The van der Waals surface area contributed by atoms with E-state index >= 15 is 0 Å².